The highest BCUT2D eigenvalue weighted by molar-refractivity contribution is 5.99. The molecule has 0 saturated heterocycles. The van der Waals surface area contributed by atoms with Gasteiger partial charge < -0.3 is 5.32 Å². The van der Waals surface area contributed by atoms with E-state index in [0.29, 0.717) is 0 Å². The Morgan fingerprint density at radius 2 is 1.78 bits per heavy atom. The van der Waals surface area contributed by atoms with E-state index in [9.17, 15) is 13.6 Å². The van der Waals surface area contributed by atoms with E-state index in [1.165, 1.54) is 0 Å². The molecule has 0 unspecified atom stereocenters. The summed E-state index contributed by atoms with van der Waals surface area (Å²) in [5, 5.41) is 2.85. The molecule has 1 N–H and O–H groups in total. The lowest BCUT2D eigenvalue weighted by molar-refractivity contribution is 0.100. The normalized spacial score (nSPS) is 10.1. The van der Waals surface area contributed by atoms with Crippen molar-refractivity contribution in [2.24, 2.45) is 0 Å². The molecule has 0 aliphatic rings. The zero-order valence-corrected chi connectivity index (χ0v) is 9.49. The van der Waals surface area contributed by atoms with Gasteiger partial charge in [0.25, 0.3) is 0 Å². The van der Waals surface area contributed by atoms with Gasteiger partial charge in [-0.25, -0.2) is 8.78 Å². The first-order valence-corrected chi connectivity index (χ1v) is 5.44. The summed E-state index contributed by atoms with van der Waals surface area (Å²) in [6, 6.07) is 11.9. The van der Waals surface area contributed by atoms with Gasteiger partial charge in [0.05, 0.1) is 12.1 Å². The van der Waals surface area contributed by atoms with E-state index in [1.54, 1.807) is 12.1 Å². The lowest BCUT2D eigenvalue weighted by atomic mass is 10.1. The standard InChI is InChI=1S/C14H11F2NO/c15-10-6-7-13(16)12(8-10)14(18)9-17-11-4-2-1-3-5-11/h1-8,17H,9H2. The highest BCUT2D eigenvalue weighted by Gasteiger charge is 2.12. The van der Waals surface area contributed by atoms with Gasteiger partial charge in [0.15, 0.2) is 5.78 Å². The second-order valence-corrected chi connectivity index (χ2v) is 3.77. The smallest absolute Gasteiger partial charge is 0.184 e. The Kier molecular flexibility index (Phi) is 3.67. The number of ketones is 1. The molecule has 0 heterocycles. The van der Waals surface area contributed by atoms with Crippen LogP contribution in [0.1, 0.15) is 10.4 Å². The molecule has 2 rings (SSSR count). The summed E-state index contributed by atoms with van der Waals surface area (Å²) < 4.78 is 26.3. The maximum absolute atomic E-state index is 13.3. The Labute approximate surface area is 103 Å². The lowest BCUT2D eigenvalue weighted by Crippen LogP contribution is -2.15. The van der Waals surface area contributed by atoms with Crippen molar-refractivity contribution in [2.75, 3.05) is 11.9 Å². The van der Waals surface area contributed by atoms with Gasteiger partial charge in [-0.05, 0) is 30.3 Å². The quantitative estimate of drug-likeness (QED) is 0.840. The van der Waals surface area contributed by atoms with Crippen LogP contribution in [-0.4, -0.2) is 12.3 Å². The molecule has 0 aliphatic heterocycles. The number of Topliss-reactive ketones (excluding diaryl/α,β-unsaturated/α-hetero) is 1. The van der Waals surface area contributed by atoms with E-state index in [0.717, 1.165) is 23.9 Å². The average Bonchev–Trinajstić information content (AvgIpc) is 2.40. The number of benzene rings is 2. The van der Waals surface area contributed by atoms with Gasteiger partial charge in [-0.15, -0.1) is 0 Å². The topological polar surface area (TPSA) is 29.1 Å². The fourth-order valence-electron chi connectivity index (χ4n) is 1.54. The highest BCUT2D eigenvalue weighted by atomic mass is 19.1. The van der Waals surface area contributed by atoms with Crippen LogP contribution in [0, 0.1) is 11.6 Å². The second kappa shape index (κ2) is 5.40. The lowest BCUT2D eigenvalue weighted by Gasteiger charge is -2.06. The molecule has 0 bridgehead atoms. The summed E-state index contributed by atoms with van der Waals surface area (Å²) in [6.07, 6.45) is 0. The number of hydrogen-bond donors (Lipinski definition) is 1. The van der Waals surface area contributed by atoms with Gasteiger partial charge in [-0.3, -0.25) is 4.79 Å². The van der Waals surface area contributed by atoms with Crippen LogP contribution in [-0.2, 0) is 0 Å². The minimum Gasteiger partial charge on any atom is -0.378 e. The molecule has 0 aromatic heterocycles. The van der Waals surface area contributed by atoms with Crippen LogP contribution in [0.5, 0.6) is 0 Å². The Balaban J connectivity index is 2.06. The van der Waals surface area contributed by atoms with Crippen LogP contribution >= 0.6 is 0 Å². The molecule has 18 heavy (non-hydrogen) atoms. The van der Waals surface area contributed by atoms with Gasteiger partial charge in [-0.1, -0.05) is 18.2 Å². The molecule has 2 aromatic rings. The third kappa shape index (κ3) is 2.91. The third-order valence-electron chi connectivity index (χ3n) is 2.46. The number of nitrogens with one attached hydrogen (secondary N) is 1. The Morgan fingerprint density at radius 1 is 1.06 bits per heavy atom. The molecule has 0 fully saturated rings. The number of carbonyl (C=O) groups excluding carboxylic acids is 1. The first-order chi connectivity index (χ1) is 8.66. The zero-order chi connectivity index (χ0) is 13.0. The average molecular weight is 247 g/mol. The highest BCUT2D eigenvalue weighted by Crippen LogP contribution is 2.11. The van der Waals surface area contributed by atoms with Crippen molar-refractivity contribution < 1.29 is 13.6 Å². The SMILES string of the molecule is O=C(CNc1ccccc1)c1cc(F)ccc1F. The molecule has 0 spiro atoms. The van der Waals surface area contributed by atoms with E-state index < -0.39 is 17.4 Å². The van der Waals surface area contributed by atoms with Gasteiger partial charge >= 0.3 is 0 Å². The molecule has 0 amide bonds. The van der Waals surface area contributed by atoms with Crippen molar-refractivity contribution in [3.8, 4) is 0 Å². The second-order valence-electron chi connectivity index (χ2n) is 3.77. The minimum absolute atomic E-state index is 0.0790. The van der Waals surface area contributed by atoms with Crippen LogP contribution in [0.2, 0.25) is 0 Å². The van der Waals surface area contributed by atoms with Crippen molar-refractivity contribution >= 4 is 11.5 Å². The van der Waals surface area contributed by atoms with Crippen LogP contribution < -0.4 is 5.32 Å². The maximum atomic E-state index is 13.3. The molecule has 0 aliphatic carbocycles. The summed E-state index contributed by atoms with van der Waals surface area (Å²) >= 11 is 0. The first-order valence-electron chi connectivity index (χ1n) is 5.44. The molecular formula is C14H11F2NO. The van der Waals surface area contributed by atoms with E-state index in [1.807, 2.05) is 18.2 Å². The van der Waals surface area contributed by atoms with E-state index >= 15 is 0 Å². The largest absolute Gasteiger partial charge is 0.378 e. The van der Waals surface area contributed by atoms with Crippen molar-refractivity contribution in [1.29, 1.82) is 0 Å². The van der Waals surface area contributed by atoms with E-state index in [2.05, 4.69) is 5.32 Å². The molecule has 0 radical (unpaired) electrons. The van der Waals surface area contributed by atoms with Crippen LogP contribution in [0.25, 0.3) is 0 Å². The van der Waals surface area contributed by atoms with Crippen molar-refractivity contribution in [3.05, 3.63) is 65.7 Å². The summed E-state index contributed by atoms with van der Waals surface area (Å²) in [6.45, 7) is -0.0790. The van der Waals surface area contributed by atoms with Gasteiger partial charge in [-0.2, -0.15) is 0 Å². The van der Waals surface area contributed by atoms with Crippen LogP contribution in [0.3, 0.4) is 0 Å². The fraction of sp³-hybridized carbons (Fsp3) is 0.0714. The van der Waals surface area contributed by atoms with Crippen LogP contribution in [0.15, 0.2) is 48.5 Å². The van der Waals surface area contributed by atoms with Gasteiger partial charge in [0.1, 0.15) is 11.6 Å². The summed E-state index contributed by atoms with van der Waals surface area (Å²) in [5.74, 6) is -1.83. The Hall–Kier alpha value is -2.23. The van der Waals surface area contributed by atoms with Gasteiger partial charge in [0.2, 0.25) is 0 Å². The molecule has 2 aromatic carbocycles. The number of rotatable bonds is 4. The molecule has 2 nitrogen and oxygen atoms in total. The molecule has 92 valence electrons. The van der Waals surface area contributed by atoms with Crippen molar-refractivity contribution in [3.63, 3.8) is 0 Å². The minimum atomic E-state index is -0.712. The van der Waals surface area contributed by atoms with E-state index in [-0.39, 0.29) is 12.1 Å². The van der Waals surface area contributed by atoms with E-state index in [4.69, 9.17) is 0 Å². The third-order valence-corrected chi connectivity index (χ3v) is 2.46. The number of anilines is 1. The van der Waals surface area contributed by atoms with Crippen molar-refractivity contribution in [2.45, 2.75) is 0 Å². The zero-order valence-electron chi connectivity index (χ0n) is 9.49. The molecule has 4 heteroatoms. The predicted octanol–water partition coefficient (Wildman–Crippen LogP) is 3.26. The monoisotopic (exact) mass is 247 g/mol. The summed E-state index contributed by atoms with van der Waals surface area (Å²) in [5.41, 5.74) is 0.515. The maximum Gasteiger partial charge on any atom is 0.184 e. The number of halogens is 2. The molecule has 0 saturated carbocycles. The Morgan fingerprint density at radius 3 is 2.50 bits per heavy atom. The Bertz CT molecular complexity index is 555. The van der Waals surface area contributed by atoms with Crippen molar-refractivity contribution in [1.82, 2.24) is 0 Å². The molecule has 0 atom stereocenters. The number of hydrogen-bond acceptors (Lipinski definition) is 2. The number of para-hydroxylation sites is 1. The fourth-order valence-corrected chi connectivity index (χ4v) is 1.54. The predicted molar refractivity (Wildman–Crippen MR) is 65.6 cm³/mol. The van der Waals surface area contributed by atoms with Gasteiger partial charge in [0, 0.05) is 5.69 Å². The van der Waals surface area contributed by atoms with Crippen LogP contribution in [0.4, 0.5) is 14.5 Å². The first kappa shape index (κ1) is 12.2. The summed E-state index contributed by atoms with van der Waals surface area (Å²) in [7, 11) is 0. The summed E-state index contributed by atoms with van der Waals surface area (Å²) in [4.78, 5) is 11.7. The molecular weight excluding hydrogens is 236 g/mol. The number of carbonyl (C=O) groups is 1.